The molecule has 1 aliphatic heterocycles. The Morgan fingerprint density at radius 1 is 1.47 bits per heavy atom. The van der Waals surface area contributed by atoms with Crippen LogP contribution in [0, 0.1) is 11.6 Å². The Morgan fingerprint density at radius 2 is 2.27 bits per heavy atom. The van der Waals surface area contributed by atoms with E-state index in [1.807, 2.05) is 0 Å². The molecule has 2 rings (SSSR count). The predicted molar refractivity (Wildman–Crippen MR) is 51.5 cm³/mol. The molecule has 0 saturated carbocycles. The van der Waals surface area contributed by atoms with Crippen LogP contribution in [-0.4, -0.2) is 19.7 Å². The highest BCUT2D eigenvalue weighted by Gasteiger charge is 2.24. The van der Waals surface area contributed by atoms with Crippen LogP contribution in [0.15, 0.2) is 23.2 Å². The fraction of sp³-hybridized carbons (Fsp3) is 0.300. The lowest BCUT2D eigenvalue weighted by atomic mass is 10.1. The van der Waals surface area contributed by atoms with Crippen LogP contribution in [0.5, 0.6) is 0 Å². The summed E-state index contributed by atoms with van der Waals surface area (Å²) >= 11 is 0. The van der Waals surface area contributed by atoms with Gasteiger partial charge in [0.05, 0.1) is 6.04 Å². The van der Waals surface area contributed by atoms with E-state index in [-0.39, 0.29) is 6.04 Å². The molecule has 1 aromatic carbocycles. The maximum Gasteiger partial charge on any atom is 0.285 e. The summed E-state index contributed by atoms with van der Waals surface area (Å²) in [5.74, 6) is -1.16. The average molecular weight is 212 g/mol. The lowest BCUT2D eigenvalue weighted by Gasteiger charge is -2.08. The summed E-state index contributed by atoms with van der Waals surface area (Å²) in [6.45, 7) is 0.301. The van der Waals surface area contributed by atoms with Crippen molar-refractivity contribution in [3.63, 3.8) is 0 Å². The van der Waals surface area contributed by atoms with Crippen LogP contribution >= 0.6 is 0 Å². The quantitative estimate of drug-likeness (QED) is 0.767. The van der Waals surface area contributed by atoms with E-state index in [1.54, 1.807) is 7.05 Å². The third-order valence-corrected chi connectivity index (χ3v) is 2.23. The van der Waals surface area contributed by atoms with Crippen molar-refractivity contribution in [1.29, 1.82) is 0 Å². The molecule has 15 heavy (non-hydrogen) atoms. The van der Waals surface area contributed by atoms with Crippen LogP contribution in [0.4, 0.5) is 8.78 Å². The molecule has 3 nitrogen and oxygen atoms in total. The number of rotatable bonds is 1. The SMILES string of the molecule is CN=C1NC(c2ccc(F)cc2F)CO1. The summed E-state index contributed by atoms with van der Waals surface area (Å²) in [7, 11) is 1.58. The highest BCUT2D eigenvalue weighted by molar-refractivity contribution is 5.75. The van der Waals surface area contributed by atoms with Crippen LogP contribution in [0.25, 0.3) is 0 Å². The maximum atomic E-state index is 13.4. The van der Waals surface area contributed by atoms with Crippen molar-refractivity contribution in [2.45, 2.75) is 6.04 Å². The number of benzene rings is 1. The van der Waals surface area contributed by atoms with Gasteiger partial charge in [-0.1, -0.05) is 6.07 Å². The van der Waals surface area contributed by atoms with Crippen molar-refractivity contribution in [3.8, 4) is 0 Å². The van der Waals surface area contributed by atoms with Gasteiger partial charge in [-0.2, -0.15) is 0 Å². The Balaban J connectivity index is 2.24. The van der Waals surface area contributed by atoms with E-state index in [0.717, 1.165) is 6.07 Å². The number of halogens is 2. The zero-order valence-electron chi connectivity index (χ0n) is 8.13. The van der Waals surface area contributed by atoms with Gasteiger partial charge in [-0.05, 0) is 6.07 Å². The summed E-state index contributed by atoms with van der Waals surface area (Å²) in [5, 5.41) is 2.88. The van der Waals surface area contributed by atoms with Gasteiger partial charge in [0.2, 0.25) is 0 Å². The Kier molecular flexibility index (Phi) is 2.53. The minimum absolute atomic E-state index is 0.301. The second kappa shape index (κ2) is 3.84. The van der Waals surface area contributed by atoms with Gasteiger partial charge in [-0.3, -0.25) is 0 Å². The fourth-order valence-electron chi connectivity index (χ4n) is 1.48. The minimum Gasteiger partial charge on any atom is -0.463 e. The van der Waals surface area contributed by atoms with Crippen molar-refractivity contribution in [1.82, 2.24) is 5.32 Å². The van der Waals surface area contributed by atoms with E-state index in [0.29, 0.717) is 18.2 Å². The summed E-state index contributed by atoms with van der Waals surface area (Å²) in [6.07, 6.45) is 0. The molecule has 1 heterocycles. The highest BCUT2D eigenvalue weighted by atomic mass is 19.1. The Morgan fingerprint density at radius 3 is 2.87 bits per heavy atom. The Bertz CT molecular complexity index is 406. The number of nitrogens with zero attached hydrogens (tertiary/aromatic N) is 1. The third kappa shape index (κ3) is 1.91. The van der Waals surface area contributed by atoms with E-state index in [9.17, 15) is 8.78 Å². The molecule has 0 aromatic heterocycles. The lowest BCUT2D eigenvalue weighted by molar-refractivity contribution is 0.324. The fourth-order valence-corrected chi connectivity index (χ4v) is 1.48. The van der Waals surface area contributed by atoms with Gasteiger partial charge in [0.25, 0.3) is 6.02 Å². The molecule has 0 amide bonds. The van der Waals surface area contributed by atoms with Gasteiger partial charge in [-0.25, -0.2) is 13.8 Å². The first-order valence-corrected chi connectivity index (χ1v) is 4.52. The van der Waals surface area contributed by atoms with Crippen LogP contribution in [0.1, 0.15) is 11.6 Å². The van der Waals surface area contributed by atoms with Crippen molar-refractivity contribution < 1.29 is 13.5 Å². The summed E-state index contributed by atoms with van der Waals surface area (Å²) in [4.78, 5) is 3.80. The molecule has 1 aliphatic rings. The van der Waals surface area contributed by atoms with Gasteiger partial charge in [0.1, 0.15) is 18.2 Å². The smallest absolute Gasteiger partial charge is 0.285 e. The molecule has 1 unspecified atom stereocenters. The van der Waals surface area contributed by atoms with Gasteiger partial charge in [0, 0.05) is 18.7 Å². The molecule has 0 bridgehead atoms. The number of aliphatic imine (C=N–C) groups is 1. The summed E-state index contributed by atoms with van der Waals surface area (Å²) < 4.78 is 31.2. The lowest BCUT2D eigenvalue weighted by Crippen LogP contribution is -2.20. The van der Waals surface area contributed by atoms with E-state index < -0.39 is 11.6 Å². The zero-order valence-corrected chi connectivity index (χ0v) is 8.13. The predicted octanol–water partition coefficient (Wildman–Crippen LogP) is 1.61. The third-order valence-electron chi connectivity index (χ3n) is 2.23. The largest absolute Gasteiger partial charge is 0.463 e. The molecule has 0 aliphatic carbocycles. The summed E-state index contributed by atoms with van der Waals surface area (Å²) in [5.41, 5.74) is 0.384. The highest BCUT2D eigenvalue weighted by Crippen LogP contribution is 2.21. The second-order valence-electron chi connectivity index (χ2n) is 3.20. The van der Waals surface area contributed by atoms with Gasteiger partial charge in [0.15, 0.2) is 0 Å². The van der Waals surface area contributed by atoms with Gasteiger partial charge < -0.3 is 10.1 Å². The standard InChI is InChI=1S/C10H10F2N2O/c1-13-10-14-9(5-15-10)7-3-2-6(11)4-8(7)12/h2-4,9H,5H2,1H3,(H,13,14). The molecule has 5 heteroatoms. The molecular formula is C10H10F2N2O. The summed E-state index contributed by atoms with van der Waals surface area (Å²) in [6, 6.07) is 3.57. The minimum atomic E-state index is -0.584. The molecule has 1 aromatic rings. The average Bonchev–Trinajstić information content (AvgIpc) is 2.66. The topological polar surface area (TPSA) is 33.6 Å². The van der Waals surface area contributed by atoms with Crippen LogP contribution in [-0.2, 0) is 4.74 Å². The first kappa shape index (κ1) is 9.89. The van der Waals surface area contributed by atoms with Crippen LogP contribution in [0.2, 0.25) is 0 Å². The number of hydrogen-bond acceptors (Lipinski definition) is 2. The first-order valence-electron chi connectivity index (χ1n) is 4.52. The Labute approximate surface area is 85.8 Å². The van der Waals surface area contributed by atoms with Crippen molar-refractivity contribution >= 4 is 6.02 Å². The second-order valence-corrected chi connectivity index (χ2v) is 3.20. The number of hydrogen-bond donors (Lipinski definition) is 1. The van der Waals surface area contributed by atoms with Crippen LogP contribution < -0.4 is 5.32 Å². The molecule has 1 fully saturated rings. The van der Waals surface area contributed by atoms with Crippen molar-refractivity contribution in [3.05, 3.63) is 35.4 Å². The van der Waals surface area contributed by atoms with Crippen molar-refractivity contribution in [2.24, 2.45) is 4.99 Å². The van der Waals surface area contributed by atoms with Crippen molar-refractivity contribution in [2.75, 3.05) is 13.7 Å². The normalized spacial score (nSPS) is 22.6. The molecule has 0 spiro atoms. The van der Waals surface area contributed by atoms with E-state index in [1.165, 1.54) is 12.1 Å². The van der Waals surface area contributed by atoms with Gasteiger partial charge in [-0.15, -0.1) is 0 Å². The van der Waals surface area contributed by atoms with E-state index in [4.69, 9.17) is 4.74 Å². The molecule has 80 valence electrons. The molecule has 1 saturated heterocycles. The molecule has 1 N–H and O–H groups in total. The first-order chi connectivity index (χ1) is 7.20. The zero-order chi connectivity index (χ0) is 10.8. The Hall–Kier alpha value is -1.65. The maximum absolute atomic E-state index is 13.4. The van der Waals surface area contributed by atoms with Crippen LogP contribution in [0.3, 0.4) is 0 Å². The number of nitrogens with one attached hydrogen (secondary N) is 1. The molecule has 1 atom stereocenters. The number of ether oxygens (including phenoxy) is 1. The van der Waals surface area contributed by atoms with Gasteiger partial charge >= 0.3 is 0 Å². The monoisotopic (exact) mass is 212 g/mol. The molecule has 0 radical (unpaired) electrons. The molecular weight excluding hydrogens is 202 g/mol. The van der Waals surface area contributed by atoms with E-state index >= 15 is 0 Å². The number of amidine groups is 1. The van der Waals surface area contributed by atoms with E-state index in [2.05, 4.69) is 10.3 Å².